The molecule has 0 spiro atoms. The van der Waals surface area contributed by atoms with Crippen molar-refractivity contribution in [2.45, 2.75) is 38.8 Å². The minimum Gasteiger partial charge on any atom is -0.416 e. The Balaban J connectivity index is 2.02. The van der Waals surface area contributed by atoms with E-state index in [1.165, 1.54) is 11.8 Å². The predicted molar refractivity (Wildman–Crippen MR) is 79.4 cm³/mol. The summed E-state index contributed by atoms with van der Waals surface area (Å²) in [5.41, 5.74) is 2.85. The first-order chi connectivity index (χ1) is 9.47. The number of hydrogen-bond donors (Lipinski definition) is 0. The molecule has 0 saturated heterocycles. The lowest BCUT2D eigenvalue weighted by Gasteiger charge is -2.05. The molecule has 4 nitrogen and oxygen atoms in total. The van der Waals surface area contributed by atoms with Crippen LogP contribution in [-0.2, 0) is 0 Å². The van der Waals surface area contributed by atoms with Crippen LogP contribution < -0.4 is 0 Å². The Morgan fingerprint density at radius 2 is 2.05 bits per heavy atom. The molecule has 2 rings (SSSR count). The summed E-state index contributed by atoms with van der Waals surface area (Å²) in [4.78, 5) is 12.2. The first-order valence-corrected chi connectivity index (χ1v) is 7.52. The van der Waals surface area contributed by atoms with Gasteiger partial charge in [0.1, 0.15) is 0 Å². The van der Waals surface area contributed by atoms with Crippen LogP contribution in [0.25, 0.3) is 0 Å². The van der Waals surface area contributed by atoms with Gasteiger partial charge in [0.25, 0.3) is 5.22 Å². The molecule has 0 bridgehead atoms. The minimum absolute atomic E-state index is 0.0838. The van der Waals surface area contributed by atoms with Crippen molar-refractivity contribution in [1.29, 1.82) is 0 Å². The summed E-state index contributed by atoms with van der Waals surface area (Å²) < 4.78 is 5.47. The fraction of sp³-hybridized carbons (Fsp3) is 0.400. The lowest BCUT2D eigenvalue weighted by Crippen LogP contribution is -2.05. The smallest absolute Gasteiger partial charge is 0.277 e. The van der Waals surface area contributed by atoms with Crippen LogP contribution in [0.3, 0.4) is 0 Å². The average Bonchev–Trinajstić information content (AvgIpc) is 2.88. The maximum absolute atomic E-state index is 12.2. The summed E-state index contributed by atoms with van der Waals surface area (Å²) in [6.07, 6.45) is 0. The van der Waals surface area contributed by atoms with Gasteiger partial charge < -0.3 is 4.42 Å². The number of benzene rings is 1. The molecule has 0 atom stereocenters. The molecule has 1 heterocycles. The standard InChI is InChI=1S/C15H18N2O2S/c1-9(2)14-16-17-15(19-14)20-8-13(18)12-7-10(3)5-6-11(12)4/h5-7,9H,8H2,1-4H3. The highest BCUT2D eigenvalue weighted by atomic mass is 32.2. The first kappa shape index (κ1) is 14.8. The summed E-state index contributed by atoms with van der Waals surface area (Å²) in [5, 5.41) is 8.34. The monoisotopic (exact) mass is 290 g/mol. The number of hydrogen-bond acceptors (Lipinski definition) is 5. The number of ketones is 1. The lowest BCUT2D eigenvalue weighted by atomic mass is 10.0. The SMILES string of the molecule is Cc1ccc(C)c(C(=O)CSc2nnc(C(C)C)o2)c1. The minimum atomic E-state index is 0.0838. The van der Waals surface area contributed by atoms with E-state index in [-0.39, 0.29) is 11.7 Å². The zero-order valence-electron chi connectivity index (χ0n) is 12.1. The summed E-state index contributed by atoms with van der Waals surface area (Å²) in [7, 11) is 0. The molecule has 0 amide bonds. The van der Waals surface area contributed by atoms with Gasteiger partial charge in [-0.25, -0.2) is 0 Å². The van der Waals surface area contributed by atoms with Gasteiger partial charge in [-0.1, -0.05) is 43.3 Å². The van der Waals surface area contributed by atoms with Crippen molar-refractivity contribution >= 4 is 17.5 Å². The van der Waals surface area contributed by atoms with Crippen LogP contribution in [0, 0.1) is 13.8 Å². The molecule has 0 radical (unpaired) electrons. The highest BCUT2D eigenvalue weighted by molar-refractivity contribution is 7.99. The summed E-state index contributed by atoms with van der Waals surface area (Å²) >= 11 is 1.29. The molecule has 0 saturated carbocycles. The molecular weight excluding hydrogens is 272 g/mol. The van der Waals surface area contributed by atoms with Gasteiger partial charge in [-0.05, 0) is 25.5 Å². The van der Waals surface area contributed by atoms with Crippen molar-refractivity contribution in [1.82, 2.24) is 10.2 Å². The van der Waals surface area contributed by atoms with Crippen LogP contribution in [0.4, 0.5) is 0 Å². The maximum Gasteiger partial charge on any atom is 0.277 e. The predicted octanol–water partition coefficient (Wildman–Crippen LogP) is 3.78. The average molecular weight is 290 g/mol. The number of aromatic nitrogens is 2. The van der Waals surface area contributed by atoms with Crippen LogP contribution in [-0.4, -0.2) is 21.7 Å². The zero-order valence-corrected chi connectivity index (χ0v) is 13.0. The third kappa shape index (κ3) is 3.48. The van der Waals surface area contributed by atoms with E-state index in [9.17, 15) is 4.79 Å². The molecular formula is C15H18N2O2S. The normalized spacial score (nSPS) is 11.1. The molecule has 0 unspecified atom stereocenters. The van der Waals surface area contributed by atoms with E-state index in [1.54, 1.807) is 0 Å². The molecule has 0 aliphatic carbocycles. The number of carbonyl (C=O) groups is 1. The van der Waals surface area contributed by atoms with Crippen molar-refractivity contribution < 1.29 is 9.21 Å². The van der Waals surface area contributed by atoms with Gasteiger partial charge in [0.2, 0.25) is 5.89 Å². The van der Waals surface area contributed by atoms with Crippen molar-refractivity contribution in [3.8, 4) is 0 Å². The largest absolute Gasteiger partial charge is 0.416 e. The number of carbonyl (C=O) groups excluding carboxylic acids is 1. The Morgan fingerprint density at radius 3 is 2.70 bits per heavy atom. The van der Waals surface area contributed by atoms with Crippen LogP contribution in [0.2, 0.25) is 0 Å². The van der Waals surface area contributed by atoms with Gasteiger partial charge in [-0.15, -0.1) is 10.2 Å². The van der Waals surface area contributed by atoms with Gasteiger partial charge in [-0.2, -0.15) is 0 Å². The number of thioether (sulfide) groups is 1. The van der Waals surface area contributed by atoms with E-state index in [4.69, 9.17) is 4.42 Å². The molecule has 0 aliphatic rings. The van der Waals surface area contributed by atoms with Gasteiger partial charge in [0.15, 0.2) is 5.78 Å². The second-order valence-electron chi connectivity index (χ2n) is 5.09. The Kier molecular flexibility index (Phi) is 4.60. The fourth-order valence-electron chi connectivity index (χ4n) is 1.75. The lowest BCUT2D eigenvalue weighted by molar-refractivity contribution is 0.102. The van der Waals surface area contributed by atoms with Gasteiger partial charge in [-0.3, -0.25) is 4.79 Å². The van der Waals surface area contributed by atoms with E-state index in [2.05, 4.69) is 10.2 Å². The second kappa shape index (κ2) is 6.22. The molecule has 1 aromatic carbocycles. The van der Waals surface area contributed by atoms with Crippen LogP contribution >= 0.6 is 11.8 Å². The molecule has 0 fully saturated rings. The number of aryl methyl sites for hydroxylation is 2. The third-order valence-electron chi connectivity index (χ3n) is 2.94. The molecule has 0 aliphatic heterocycles. The van der Waals surface area contributed by atoms with Crippen molar-refractivity contribution in [3.63, 3.8) is 0 Å². The van der Waals surface area contributed by atoms with Crippen molar-refractivity contribution in [3.05, 3.63) is 40.8 Å². The molecule has 20 heavy (non-hydrogen) atoms. The summed E-state index contributed by atoms with van der Waals surface area (Å²) in [5.74, 6) is 1.20. The van der Waals surface area contributed by atoms with Gasteiger partial charge in [0.05, 0.1) is 5.75 Å². The van der Waals surface area contributed by atoms with Crippen molar-refractivity contribution in [2.75, 3.05) is 5.75 Å². The Bertz CT molecular complexity index is 620. The highest BCUT2D eigenvalue weighted by Crippen LogP contribution is 2.22. The topological polar surface area (TPSA) is 56.0 Å². The van der Waals surface area contributed by atoms with E-state index in [0.717, 1.165) is 16.7 Å². The highest BCUT2D eigenvalue weighted by Gasteiger charge is 2.14. The summed E-state index contributed by atoms with van der Waals surface area (Å²) in [6.45, 7) is 7.91. The molecule has 1 aromatic heterocycles. The van der Waals surface area contributed by atoms with E-state index in [0.29, 0.717) is 16.9 Å². The van der Waals surface area contributed by atoms with Crippen LogP contribution in [0.1, 0.15) is 47.1 Å². The zero-order chi connectivity index (χ0) is 14.7. The van der Waals surface area contributed by atoms with E-state index >= 15 is 0 Å². The number of rotatable bonds is 5. The fourth-order valence-corrected chi connectivity index (χ4v) is 2.41. The number of nitrogens with zero attached hydrogens (tertiary/aromatic N) is 2. The quantitative estimate of drug-likeness (QED) is 0.619. The Morgan fingerprint density at radius 1 is 1.30 bits per heavy atom. The Hall–Kier alpha value is -1.62. The van der Waals surface area contributed by atoms with Crippen LogP contribution in [0.15, 0.2) is 27.8 Å². The Labute approximate surface area is 123 Å². The number of Topliss-reactive ketones (excluding diaryl/α,β-unsaturated/α-hetero) is 1. The summed E-state index contributed by atoms with van der Waals surface area (Å²) in [6, 6.07) is 5.90. The van der Waals surface area contributed by atoms with Gasteiger partial charge >= 0.3 is 0 Å². The van der Waals surface area contributed by atoms with Crippen LogP contribution in [0.5, 0.6) is 0 Å². The van der Waals surface area contributed by atoms with Crippen molar-refractivity contribution in [2.24, 2.45) is 0 Å². The molecule has 106 valence electrons. The maximum atomic E-state index is 12.2. The van der Waals surface area contributed by atoms with E-state index < -0.39 is 0 Å². The van der Waals surface area contributed by atoms with E-state index in [1.807, 2.05) is 45.9 Å². The molecule has 5 heteroatoms. The second-order valence-corrected chi connectivity index (χ2v) is 6.02. The third-order valence-corrected chi connectivity index (χ3v) is 3.75. The first-order valence-electron chi connectivity index (χ1n) is 6.54. The van der Waals surface area contributed by atoms with Gasteiger partial charge in [0, 0.05) is 11.5 Å². The molecule has 0 N–H and O–H groups in total. The molecule has 2 aromatic rings.